The number of rotatable bonds is 7. The SMILES string of the molecule is COc1cccc(C=Nn2c(-c3cc4ccccc4o3)nc3ccccc3c2=O)c1OCc1ccccc1C#N. The highest BCUT2D eigenvalue weighted by atomic mass is 16.5. The van der Waals surface area contributed by atoms with Gasteiger partial charge in [0.2, 0.25) is 5.82 Å². The topological polar surface area (TPSA) is 103 Å². The van der Waals surface area contributed by atoms with Crippen LogP contribution in [-0.2, 0) is 6.61 Å². The monoisotopic (exact) mass is 526 g/mol. The van der Waals surface area contributed by atoms with Gasteiger partial charge in [0, 0.05) is 16.5 Å². The van der Waals surface area contributed by atoms with Crippen molar-refractivity contribution in [1.29, 1.82) is 5.26 Å². The highest BCUT2D eigenvalue weighted by Gasteiger charge is 2.17. The van der Waals surface area contributed by atoms with E-state index in [1.807, 2.05) is 48.5 Å². The molecule has 0 aliphatic carbocycles. The molecule has 0 atom stereocenters. The molecule has 6 aromatic rings. The second kappa shape index (κ2) is 10.6. The summed E-state index contributed by atoms with van der Waals surface area (Å²) in [6.45, 7) is 0.145. The Balaban J connectivity index is 1.45. The van der Waals surface area contributed by atoms with Crippen molar-refractivity contribution in [2.45, 2.75) is 6.61 Å². The third kappa shape index (κ3) is 4.57. The molecule has 0 aliphatic rings. The standard InChI is InChI=1S/C32H22N4O4/c1-38-28-16-8-12-23(30(28)39-20-24-11-3-2-10-22(24)18-33)19-34-36-31(29-17-21-9-4-7-15-27(21)40-29)35-26-14-6-5-13-25(26)32(36)37/h2-17,19H,20H2,1H3. The van der Waals surface area contributed by atoms with E-state index in [-0.39, 0.29) is 18.0 Å². The van der Waals surface area contributed by atoms with E-state index in [2.05, 4.69) is 11.2 Å². The first-order valence-corrected chi connectivity index (χ1v) is 12.5. The highest BCUT2D eigenvalue weighted by molar-refractivity contribution is 5.86. The molecule has 2 heterocycles. The van der Waals surface area contributed by atoms with Crippen LogP contribution >= 0.6 is 0 Å². The van der Waals surface area contributed by atoms with E-state index in [9.17, 15) is 10.1 Å². The number of ether oxygens (including phenoxy) is 2. The maximum Gasteiger partial charge on any atom is 0.282 e. The summed E-state index contributed by atoms with van der Waals surface area (Å²) in [6, 6.07) is 31.3. The van der Waals surface area contributed by atoms with Gasteiger partial charge in [-0.25, -0.2) is 4.98 Å². The zero-order chi connectivity index (χ0) is 27.5. The first kappa shape index (κ1) is 24.6. The smallest absolute Gasteiger partial charge is 0.282 e. The Morgan fingerprint density at radius 1 is 1.00 bits per heavy atom. The fourth-order valence-corrected chi connectivity index (χ4v) is 4.46. The van der Waals surface area contributed by atoms with E-state index in [0.717, 1.165) is 10.9 Å². The largest absolute Gasteiger partial charge is 0.493 e. The summed E-state index contributed by atoms with van der Waals surface area (Å²) >= 11 is 0. The molecule has 0 saturated carbocycles. The summed E-state index contributed by atoms with van der Waals surface area (Å²) in [5, 5.41) is 15.3. The van der Waals surface area contributed by atoms with Crippen LogP contribution in [0.1, 0.15) is 16.7 Å². The van der Waals surface area contributed by atoms with E-state index in [1.54, 1.807) is 55.6 Å². The lowest BCUT2D eigenvalue weighted by molar-refractivity contribution is 0.284. The molecule has 0 amide bonds. The number of aromatic nitrogens is 2. The van der Waals surface area contributed by atoms with Crippen LogP contribution in [0, 0.1) is 11.3 Å². The second-order valence-corrected chi connectivity index (χ2v) is 8.90. The average Bonchev–Trinajstić information content (AvgIpc) is 3.44. The molecule has 194 valence electrons. The normalized spacial score (nSPS) is 11.2. The van der Waals surface area contributed by atoms with Crippen LogP contribution in [0.2, 0.25) is 0 Å². The van der Waals surface area contributed by atoms with Crippen LogP contribution in [-0.4, -0.2) is 23.0 Å². The molecule has 0 N–H and O–H groups in total. The number of nitriles is 1. The minimum atomic E-state index is -0.342. The van der Waals surface area contributed by atoms with Gasteiger partial charge in [-0.1, -0.05) is 54.6 Å². The number of fused-ring (bicyclic) bond motifs is 2. The van der Waals surface area contributed by atoms with Crippen LogP contribution in [0.5, 0.6) is 11.5 Å². The van der Waals surface area contributed by atoms with E-state index < -0.39 is 0 Å². The van der Waals surface area contributed by atoms with Gasteiger partial charge in [-0.05, 0) is 42.5 Å². The predicted octanol–water partition coefficient (Wildman–Crippen LogP) is 6.15. The number of furan rings is 1. The van der Waals surface area contributed by atoms with Crippen molar-refractivity contribution in [2.75, 3.05) is 7.11 Å². The van der Waals surface area contributed by atoms with Crippen molar-refractivity contribution < 1.29 is 13.9 Å². The Bertz CT molecular complexity index is 1970. The van der Waals surface area contributed by atoms with Gasteiger partial charge in [-0.15, -0.1) is 0 Å². The van der Waals surface area contributed by atoms with Crippen molar-refractivity contribution in [3.63, 3.8) is 0 Å². The Hall–Kier alpha value is -5.68. The van der Waals surface area contributed by atoms with Crippen molar-refractivity contribution in [3.05, 3.63) is 124 Å². The molecule has 0 fully saturated rings. The lowest BCUT2D eigenvalue weighted by atomic mass is 10.1. The van der Waals surface area contributed by atoms with E-state index in [0.29, 0.717) is 44.9 Å². The maximum absolute atomic E-state index is 13.6. The Labute approximate surface area is 229 Å². The van der Waals surface area contributed by atoms with Gasteiger partial charge >= 0.3 is 0 Å². The number of nitrogens with zero attached hydrogens (tertiary/aromatic N) is 4. The van der Waals surface area contributed by atoms with Crippen LogP contribution in [0.4, 0.5) is 0 Å². The first-order chi connectivity index (χ1) is 19.7. The number of hydrogen-bond donors (Lipinski definition) is 0. The fraction of sp³-hybridized carbons (Fsp3) is 0.0625. The summed E-state index contributed by atoms with van der Waals surface area (Å²) in [4.78, 5) is 18.4. The Kier molecular flexibility index (Phi) is 6.53. The molecule has 0 unspecified atom stereocenters. The van der Waals surface area contributed by atoms with Gasteiger partial charge in [0.25, 0.3) is 5.56 Å². The molecule has 0 saturated heterocycles. The molecular weight excluding hydrogens is 504 g/mol. The zero-order valence-corrected chi connectivity index (χ0v) is 21.4. The minimum absolute atomic E-state index is 0.145. The molecule has 4 aromatic carbocycles. The van der Waals surface area contributed by atoms with Crippen molar-refractivity contribution >= 4 is 28.1 Å². The molecule has 40 heavy (non-hydrogen) atoms. The maximum atomic E-state index is 13.6. The van der Waals surface area contributed by atoms with Gasteiger partial charge in [0.15, 0.2) is 17.3 Å². The number of benzene rings is 4. The summed E-state index contributed by atoms with van der Waals surface area (Å²) in [7, 11) is 1.55. The molecule has 8 nitrogen and oxygen atoms in total. The van der Waals surface area contributed by atoms with Crippen molar-refractivity contribution in [3.8, 4) is 29.2 Å². The number of para-hydroxylation sites is 3. The number of hydrogen-bond acceptors (Lipinski definition) is 7. The summed E-state index contributed by atoms with van der Waals surface area (Å²) in [5.41, 5.74) is 2.71. The lowest BCUT2D eigenvalue weighted by Gasteiger charge is -2.14. The minimum Gasteiger partial charge on any atom is -0.493 e. The molecule has 2 aromatic heterocycles. The Morgan fingerprint density at radius 2 is 1.80 bits per heavy atom. The third-order valence-electron chi connectivity index (χ3n) is 6.45. The van der Waals surface area contributed by atoms with Gasteiger partial charge < -0.3 is 13.9 Å². The predicted molar refractivity (Wildman–Crippen MR) is 153 cm³/mol. The Morgan fingerprint density at radius 3 is 2.65 bits per heavy atom. The highest BCUT2D eigenvalue weighted by Crippen LogP contribution is 2.32. The van der Waals surface area contributed by atoms with Crippen molar-refractivity contribution in [1.82, 2.24) is 9.66 Å². The van der Waals surface area contributed by atoms with E-state index in [1.165, 1.54) is 10.9 Å². The third-order valence-corrected chi connectivity index (χ3v) is 6.45. The van der Waals surface area contributed by atoms with Gasteiger partial charge in [-0.2, -0.15) is 15.0 Å². The molecule has 0 bridgehead atoms. The molecule has 0 aliphatic heterocycles. The summed E-state index contributed by atoms with van der Waals surface area (Å²) in [6.07, 6.45) is 1.53. The molecule has 8 heteroatoms. The van der Waals surface area contributed by atoms with Gasteiger partial charge in [0.05, 0.1) is 35.9 Å². The van der Waals surface area contributed by atoms with Crippen LogP contribution < -0.4 is 15.0 Å². The first-order valence-electron chi connectivity index (χ1n) is 12.5. The number of methoxy groups -OCH3 is 1. The molecule has 6 rings (SSSR count). The summed E-state index contributed by atoms with van der Waals surface area (Å²) in [5.74, 6) is 1.59. The quantitative estimate of drug-likeness (QED) is 0.231. The van der Waals surface area contributed by atoms with Crippen molar-refractivity contribution in [2.24, 2.45) is 5.10 Å². The van der Waals surface area contributed by atoms with E-state index in [4.69, 9.17) is 18.9 Å². The van der Waals surface area contributed by atoms with Gasteiger partial charge in [-0.3, -0.25) is 4.79 Å². The van der Waals surface area contributed by atoms with Crippen LogP contribution in [0.25, 0.3) is 33.5 Å². The average molecular weight is 527 g/mol. The van der Waals surface area contributed by atoms with Gasteiger partial charge in [0.1, 0.15) is 12.2 Å². The second-order valence-electron chi connectivity index (χ2n) is 8.90. The lowest BCUT2D eigenvalue weighted by Crippen LogP contribution is -2.20. The molecular formula is C32H22N4O4. The van der Waals surface area contributed by atoms with Crippen LogP contribution in [0.15, 0.2) is 111 Å². The fourth-order valence-electron chi connectivity index (χ4n) is 4.46. The van der Waals surface area contributed by atoms with E-state index >= 15 is 0 Å². The summed E-state index contributed by atoms with van der Waals surface area (Å²) < 4.78 is 19.0. The molecule has 0 radical (unpaired) electrons. The molecule has 0 spiro atoms. The zero-order valence-electron chi connectivity index (χ0n) is 21.4. The van der Waals surface area contributed by atoms with Crippen LogP contribution in [0.3, 0.4) is 0 Å².